The zero-order valence-electron chi connectivity index (χ0n) is 17.0. The van der Waals surface area contributed by atoms with Crippen molar-refractivity contribution in [2.24, 2.45) is 0 Å². The maximum absolute atomic E-state index is 12.7. The lowest BCUT2D eigenvalue weighted by Gasteiger charge is -2.28. The van der Waals surface area contributed by atoms with Gasteiger partial charge in [-0.2, -0.15) is 4.98 Å². The van der Waals surface area contributed by atoms with Gasteiger partial charge in [0.25, 0.3) is 0 Å². The Labute approximate surface area is 170 Å². The van der Waals surface area contributed by atoms with Gasteiger partial charge in [-0.3, -0.25) is 0 Å². The van der Waals surface area contributed by atoms with Crippen molar-refractivity contribution >= 4 is 23.7 Å². The molecule has 0 bridgehead atoms. The Balaban J connectivity index is 1.97. The van der Waals surface area contributed by atoms with Gasteiger partial charge in [-0.15, -0.1) is 5.10 Å². The Kier molecular flexibility index (Phi) is 6.78. The number of fused-ring (bicyclic) bond motifs is 1. The molecule has 2 aromatic rings. The maximum atomic E-state index is 12.7. The lowest BCUT2D eigenvalue weighted by Crippen LogP contribution is -2.29. The summed E-state index contributed by atoms with van der Waals surface area (Å²) in [5, 5.41) is 8.69. The molecule has 0 radical (unpaired) electrons. The average molecular weight is 401 g/mol. The molecule has 28 heavy (non-hydrogen) atoms. The van der Waals surface area contributed by atoms with Gasteiger partial charge in [-0.1, -0.05) is 61.4 Å². The fourth-order valence-electron chi connectivity index (χ4n) is 3.24. The summed E-state index contributed by atoms with van der Waals surface area (Å²) >= 11 is 1.66. The SMILES string of the molecule is CCCCCSc1nc2n(n1)C(c1ccc(C)cc1)C(C(=O)OCC)=C(C)N2. The van der Waals surface area contributed by atoms with Crippen LogP contribution in [0, 0.1) is 6.92 Å². The normalized spacial score (nSPS) is 15.9. The predicted octanol–water partition coefficient (Wildman–Crippen LogP) is 4.72. The van der Waals surface area contributed by atoms with E-state index in [-0.39, 0.29) is 12.0 Å². The van der Waals surface area contributed by atoms with Crippen LogP contribution >= 0.6 is 11.8 Å². The summed E-state index contributed by atoms with van der Waals surface area (Å²) in [7, 11) is 0. The highest BCUT2D eigenvalue weighted by molar-refractivity contribution is 7.99. The predicted molar refractivity (Wildman–Crippen MR) is 113 cm³/mol. The van der Waals surface area contributed by atoms with Crippen molar-refractivity contribution in [1.29, 1.82) is 0 Å². The number of benzene rings is 1. The number of hydrogen-bond acceptors (Lipinski definition) is 6. The van der Waals surface area contributed by atoms with Crippen molar-refractivity contribution in [2.75, 3.05) is 17.7 Å². The molecular formula is C21H28N4O2S. The van der Waals surface area contributed by atoms with Gasteiger partial charge in [-0.05, 0) is 32.8 Å². The van der Waals surface area contributed by atoms with E-state index in [0.29, 0.717) is 18.1 Å². The largest absolute Gasteiger partial charge is 0.463 e. The highest BCUT2D eigenvalue weighted by atomic mass is 32.2. The number of aryl methyl sites for hydroxylation is 1. The number of carbonyl (C=O) groups excluding carboxylic acids is 1. The number of unbranched alkanes of at least 4 members (excludes halogenated alkanes) is 2. The second kappa shape index (κ2) is 9.28. The van der Waals surface area contributed by atoms with E-state index >= 15 is 0 Å². The van der Waals surface area contributed by atoms with Crippen LogP contribution in [0.5, 0.6) is 0 Å². The highest BCUT2D eigenvalue weighted by Gasteiger charge is 2.35. The topological polar surface area (TPSA) is 69.0 Å². The molecule has 0 fully saturated rings. The lowest BCUT2D eigenvalue weighted by atomic mass is 9.95. The van der Waals surface area contributed by atoms with Gasteiger partial charge in [0.15, 0.2) is 0 Å². The third kappa shape index (κ3) is 4.41. The monoisotopic (exact) mass is 400 g/mol. The molecule has 0 saturated heterocycles. The second-order valence-corrected chi connectivity index (χ2v) is 7.98. The number of aromatic nitrogens is 3. The summed E-state index contributed by atoms with van der Waals surface area (Å²) in [6.07, 6.45) is 3.54. The van der Waals surface area contributed by atoms with Crippen LogP contribution in [0.3, 0.4) is 0 Å². The molecule has 1 atom stereocenters. The number of hydrogen-bond donors (Lipinski definition) is 1. The molecule has 7 heteroatoms. The van der Waals surface area contributed by atoms with E-state index in [1.54, 1.807) is 11.8 Å². The summed E-state index contributed by atoms with van der Waals surface area (Å²) in [6.45, 7) is 8.28. The first-order valence-corrected chi connectivity index (χ1v) is 10.8. The first kappa shape index (κ1) is 20.5. The lowest BCUT2D eigenvalue weighted by molar-refractivity contribution is -0.139. The van der Waals surface area contributed by atoms with Crippen molar-refractivity contribution in [3.63, 3.8) is 0 Å². The fourth-order valence-corrected chi connectivity index (χ4v) is 4.07. The number of carbonyl (C=O) groups is 1. The summed E-state index contributed by atoms with van der Waals surface area (Å²) < 4.78 is 7.15. The molecule has 1 aromatic carbocycles. The standard InChI is InChI=1S/C21H28N4O2S/c1-5-7-8-13-28-21-23-20-22-15(4)17(19(26)27-6-2)18(25(20)24-21)16-11-9-14(3)10-12-16/h9-12,18H,5-8,13H2,1-4H3,(H,22,23,24). The van der Waals surface area contributed by atoms with Crippen LogP contribution < -0.4 is 5.32 Å². The molecule has 1 N–H and O–H groups in total. The molecule has 0 aliphatic carbocycles. The Hall–Kier alpha value is -2.28. The molecule has 150 valence electrons. The van der Waals surface area contributed by atoms with Crippen LogP contribution in [0.2, 0.25) is 0 Å². The third-order valence-corrected chi connectivity index (χ3v) is 5.62. The first-order valence-electron chi connectivity index (χ1n) is 9.86. The smallest absolute Gasteiger partial charge is 0.338 e. The zero-order chi connectivity index (χ0) is 20.1. The van der Waals surface area contributed by atoms with Gasteiger partial charge >= 0.3 is 5.97 Å². The van der Waals surface area contributed by atoms with Crippen molar-refractivity contribution in [3.05, 3.63) is 46.7 Å². The summed E-state index contributed by atoms with van der Waals surface area (Å²) in [4.78, 5) is 17.4. The van der Waals surface area contributed by atoms with Crippen LogP contribution in [0.25, 0.3) is 0 Å². The van der Waals surface area contributed by atoms with E-state index in [1.165, 1.54) is 18.4 Å². The molecule has 2 heterocycles. The Morgan fingerprint density at radius 2 is 1.96 bits per heavy atom. The Morgan fingerprint density at radius 1 is 1.21 bits per heavy atom. The number of esters is 1. The molecule has 1 aliphatic heterocycles. The fraction of sp³-hybridized carbons (Fsp3) is 0.476. The maximum Gasteiger partial charge on any atom is 0.338 e. The van der Waals surface area contributed by atoms with E-state index in [2.05, 4.69) is 17.2 Å². The third-order valence-electron chi connectivity index (χ3n) is 4.70. The Bertz CT molecular complexity index is 858. The van der Waals surface area contributed by atoms with Gasteiger partial charge in [0.2, 0.25) is 11.1 Å². The van der Waals surface area contributed by atoms with E-state index in [9.17, 15) is 4.79 Å². The number of rotatable bonds is 8. The molecule has 1 aromatic heterocycles. The molecule has 3 rings (SSSR count). The minimum atomic E-state index is -0.353. The molecule has 1 aliphatic rings. The van der Waals surface area contributed by atoms with Gasteiger partial charge in [0.1, 0.15) is 6.04 Å². The molecule has 0 spiro atoms. The van der Waals surface area contributed by atoms with Crippen LogP contribution in [0.4, 0.5) is 5.95 Å². The number of anilines is 1. The van der Waals surface area contributed by atoms with Crippen molar-refractivity contribution < 1.29 is 9.53 Å². The summed E-state index contributed by atoms with van der Waals surface area (Å²) in [6, 6.07) is 7.82. The number of thioether (sulfide) groups is 1. The zero-order valence-corrected chi connectivity index (χ0v) is 17.8. The van der Waals surface area contributed by atoms with E-state index in [0.717, 1.165) is 28.6 Å². The van der Waals surface area contributed by atoms with E-state index in [1.807, 2.05) is 49.7 Å². The Morgan fingerprint density at radius 3 is 2.64 bits per heavy atom. The second-order valence-electron chi connectivity index (χ2n) is 6.92. The van der Waals surface area contributed by atoms with Crippen molar-refractivity contribution in [3.8, 4) is 0 Å². The van der Waals surface area contributed by atoms with Gasteiger partial charge in [0.05, 0.1) is 12.2 Å². The molecular weight excluding hydrogens is 372 g/mol. The van der Waals surface area contributed by atoms with Gasteiger partial charge < -0.3 is 10.1 Å². The summed E-state index contributed by atoms with van der Waals surface area (Å²) in [5.41, 5.74) is 3.49. The number of allylic oxidation sites excluding steroid dienone is 1. The van der Waals surface area contributed by atoms with Gasteiger partial charge in [0, 0.05) is 11.4 Å². The quantitative estimate of drug-likeness (QED) is 0.393. The van der Waals surface area contributed by atoms with E-state index in [4.69, 9.17) is 9.84 Å². The van der Waals surface area contributed by atoms with Gasteiger partial charge in [-0.25, -0.2) is 9.48 Å². The van der Waals surface area contributed by atoms with E-state index < -0.39 is 0 Å². The molecule has 0 amide bonds. The molecule has 0 saturated carbocycles. The molecule has 6 nitrogen and oxygen atoms in total. The van der Waals surface area contributed by atoms with Crippen molar-refractivity contribution in [2.45, 2.75) is 58.2 Å². The van der Waals surface area contributed by atoms with Crippen LogP contribution in [-0.2, 0) is 9.53 Å². The van der Waals surface area contributed by atoms with Crippen molar-refractivity contribution in [1.82, 2.24) is 14.8 Å². The van der Waals surface area contributed by atoms with Crippen LogP contribution in [0.15, 0.2) is 40.7 Å². The molecule has 1 unspecified atom stereocenters. The minimum absolute atomic E-state index is 0.323. The average Bonchev–Trinajstić information content (AvgIpc) is 3.07. The van der Waals surface area contributed by atoms with Crippen LogP contribution in [-0.4, -0.2) is 33.1 Å². The number of nitrogens with one attached hydrogen (secondary N) is 1. The summed E-state index contributed by atoms with van der Waals surface area (Å²) in [5.74, 6) is 1.33. The first-order chi connectivity index (χ1) is 13.5. The van der Waals surface area contributed by atoms with Crippen LogP contribution in [0.1, 0.15) is 57.2 Å². The number of ether oxygens (including phenoxy) is 1. The highest BCUT2D eigenvalue weighted by Crippen LogP contribution is 2.36. The number of nitrogens with zero attached hydrogens (tertiary/aromatic N) is 3. The minimum Gasteiger partial charge on any atom is -0.463 e.